The number of amides is 1. The number of carbonyl (C=O) groups excluding carboxylic acids is 1. The molecule has 0 unspecified atom stereocenters. The number of carbonyl (C=O) groups is 1. The minimum atomic E-state index is -0.851. The molecule has 1 aromatic carbocycles. The van der Waals surface area contributed by atoms with Gasteiger partial charge in [-0.05, 0) is 24.1 Å². The molecule has 1 saturated heterocycles. The molecule has 5 heteroatoms. The van der Waals surface area contributed by atoms with Crippen LogP contribution in [0.5, 0.6) is 5.75 Å². The summed E-state index contributed by atoms with van der Waals surface area (Å²) in [5, 5.41) is 12.9. The highest BCUT2D eigenvalue weighted by Crippen LogP contribution is 2.19. The van der Waals surface area contributed by atoms with Crippen molar-refractivity contribution in [3.8, 4) is 5.75 Å². The number of benzene rings is 1. The van der Waals surface area contributed by atoms with Gasteiger partial charge in [0.2, 0.25) is 0 Å². The molecule has 1 aliphatic rings. The monoisotopic (exact) mass is 293 g/mol. The van der Waals surface area contributed by atoms with Crippen LogP contribution >= 0.6 is 0 Å². The number of rotatable bonds is 6. The molecule has 1 aromatic rings. The van der Waals surface area contributed by atoms with E-state index in [1.54, 1.807) is 0 Å². The van der Waals surface area contributed by atoms with Gasteiger partial charge < -0.3 is 19.9 Å². The topological polar surface area (TPSA) is 67.8 Å². The van der Waals surface area contributed by atoms with Crippen molar-refractivity contribution < 1.29 is 19.4 Å². The molecule has 116 valence electrons. The first-order valence-corrected chi connectivity index (χ1v) is 7.40. The summed E-state index contributed by atoms with van der Waals surface area (Å²) in [6.45, 7) is 3.36. The quantitative estimate of drug-likeness (QED) is 0.829. The molecule has 1 heterocycles. The van der Waals surface area contributed by atoms with Crippen LogP contribution < -0.4 is 10.1 Å². The van der Waals surface area contributed by atoms with Gasteiger partial charge in [-0.3, -0.25) is 4.79 Å². The fourth-order valence-corrected chi connectivity index (χ4v) is 2.21. The molecule has 0 saturated carbocycles. The minimum absolute atomic E-state index is 0.0436. The Morgan fingerprint density at radius 1 is 1.33 bits per heavy atom. The molecule has 5 nitrogen and oxygen atoms in total. The molecule has 21 heavy (non-hydrogen) atoms. The van der Waals surface area contributed by atoms with Crippen LogP contribution in [0.1, 0.15) is 25.3 Å². The van der Waals surface area contributed by atoms with Crippen LogP contribution in [0, 0.1) is 0 Å². The van der Waals surface area contributed by atoms with E-state index in [2.05, 4.69) is 12.2 Å². The van der Waals surface area contributed by atoms with Crippen LogP contribution in [0.25, 0.3) is 0 Å². The van der Waals surface area contributed by atoms with Crippen molar-refractivity contribution in [1.82, 2.24) is 5.32 Å². The van der Waals surface area contributed by atoms with Crippen LogP contribution in [-0.2, 0) is 16.0 Å². The van der Waals surface area contributed by atoms with E-state index in [9.17, 15) is 9.90 Å². The van der Waals surface area contributed by atoms with E-state index in [-0.39, 0.29) is 19.1 Å². The number of ether oxygens (including phenoxy) is 2. The summed E-state index contributed by atoms with van der Waals surface area (Å²) in [5.74, 6) is 0.446. The third kappa shape index (κ3) is 5.02. The SMILES string of the molecule is CCc1ccc(OCC(=O)NCC2(O)CCOCC2)cc1. The zero-order valence-electron chi connectivity index (χ0n) is 12.4. The summed E-state index contributed by atoms with van der Waals surface area (Å²) < 4.78 is 10.6. The number of nitrogens with one attached hydrogen (secondary N) is 1. The first-order chi connectivity index (χ1) is 10.1. The Bertz CT molecular complexity index is 452. The first kappa shape index (κ1) is 15.8. The normalized spacial score (nSPS) is 17.2. The Balaban J connectivity index is 1.71. The maximum absolute atomic E-state index is 11.7. The van der Waals surface area contributed by atoms with Crippen molar-refractivity contribution in [3.63, 3.8) is 0 Å². The standard InChI is InChI=1S/C16H23NO4/c1-2-13-3-5-14(6-4-13)21-11-15(18)17-12-16(19)7-9-20-10-8-16/h3-6,19H,2,7-12H2,1H3,(H,17,18). The molecule has 0 aliphatic carbocycles. The van der Waals surface area contributed by atoms with Gasteiger partial charge in [0.1, 0.15) is 5.75 Å². The Hall–Kier alpha value is -1.59. The number of aryl methyl sites for hydroxylation is 1. The van der Waals surface area contributed by atoms with Crippen molar-refractivity contribution in [3.05, 3.63) is 29.8 Å². The van der Waals surface area contributed by atoms with E-state index in [4.69, 9.17) is 9.47 Å². The lowest BCUT2D eigenvalue weighted by atomic mass is 9.94. The van der Waals surface area contributed by atoms with Crippen molar-refractivity contribution in [2.45, 2.75) is 31.8 Å². The summed E-state index contributed by atoms with van der Waals surface area (Å²) in [7, 11) is 0. The van der Waals surface area contributed by atoms with E-state index >= 15 is 0 Å². The fraction of sp³-hybridized carbons (Fsp3) is 0.562. The molecule has 0 spiro atoms. The van der Waals surface area contributed by atoms with Crippen LogP contribution in [0.15, 0.2) is 24.3 Å². The van der Waals surface area contributed by atoms with Crippen LogP contribution in [0.4, 0.5) is 0 Å². The molecular weight excluding hydrogens is 270 g/mol. The van der Waals surface area contributed by atoms with Crippen LogP contribution in [0.3, 0.4) is 0 Å². The van der Waals surface area contributed by atoms with E-state index < -0.39 is 5.60 Å². The highest BCUT2D eigenvalue weighted by Gasteiger charge is 2.30. The first-order valence-electron chi connectivity index (χ1n) is 7.40. The Morgan fingerprint density at radius 3 is 2.62 bits per heavy atom. The van der Waals surface area contributed by atoms with Crippen molar-refractivity contribution in [2.24, 2.45) is 0 Å². The Morgan fingerprint density at radius 2 is 2.00 bits per heavy atom. The predicted molar refractivity (Wildman–Crippen MR) is 79.3 cm³/mol. The second-order valence-electron chi connectivity index (χ2n) is 5.40. The molecule has 2 rings (SSSR count). The Labute approximate surface area is 125 Å². The lowest BCUT2D eigenvalue weighted by Crippen LogP contribution is -2.47. The van der Waals surface area contributed by atoms with E-state index in [1.807, 2.05) is 24.3 Å². The molecule has 0 atom stereocenters. The highest BCUT2D eigenvalue weighted by atomic mass is 16.5. The Kier molecular flexibility index (Phi) is 5.59. The highest BCUT2D eigenvalue weighted by molar-refractivity contribution is 5.77. The van der Waals surface area contributed by atoms with Gasteiger partial charge in [0.25, 0.3) is 5.91 Å². The lowest BCUT2D eigenvalue weighted by molar-refractivity contribution is -0.125. The van der Waals surface area contributed by atoms with Crippen LogP contribution in [0.2, 0.25) is 0 Å². The smallest absolute Gasteiger partial charge is 0.258 e. The number of aliphatic hydroxyl groups is 1. The van der Waals surface area contributed by atoms with Crippen molar-refractivity contribution >= 4 is 5.91 Å². The largest absolute Gasteiger partial charge is 0.484 e. The molecule has 0 bridgehead atoms. The van der Waals surface area contributed by atoms with Gasteiger partial charge >= 0.3 is 0 Å². The molecule has 1 aliphatic heterocycles. The molecule has 1 fully saturated rings. The van der Waals surface area contributed by atoms with Gasteiger partial charge in [-0.15, -0.1) is 0 Å². The van der Waals surface area contributed by atoms with Gasteiger partial charge in [-0.2, -0.15) is 0 Å². The maximum atomic E-state index is 11.7. The predicted octanol–water partition coefficient (Wildman–Crippen LogP) is 1.29. The average Bonchev–Trinajstić information content (AvgIpc) is 2.52. The summed E-state index contributed by atoms with van der Waals surface area (Å²) in [4.78, 5) is 11.7. The summed E-state index contributed by atoms with van der Waals surface area (Å²) in [6, 6.07) is 7.69. The zero-order valence-corrected chi connectivity index (χ0v) is 12.4. The number of hydrogen-bond donors (Lipinski definition) is 2. The maximum Gasteiger partial charge on any atom is 0.258 e. The zero-order chi connectivity index (χ0) is 15.1. The van der Waals surface area contributed by atoms with Crippen molar-refractivity contribution in [1.29, 1.82) is 0 Å². The van der Waals surface area contributed by atoms with Crippen LogP contribution in [-0.4, -0.2) is 43.0 Å². The minimum Gasteiger partial charge on any atom is -0.484 e. The van der Waals surface area contributed by atoms with Gasteiger partial charge in [0.05, 0.1) is 5.60 Å². The third-order valence-electron chi connectivity index (χ3n) is 3.74. The fourth-order valence-electron chi connectivity index (χ4n) is 2.21. The van der Waals surface area contributed by atoms with Gasteiger partial charge in [0, 0.05) is 32.6 Å². The molecule has 0 radical (unpaired) electrons. The molecule has 2 N–H and O–H groups in total. The molecule has 0 aromatic heterocycles. The number of hydrogen-bond acceptors (Lipinski definition) is 4. The third-order valence-corrected chi connectivity index (χ3v) is 3.74. The summed E-state index contributed by atoms with van der Waals surface area (Å²) in [6.07, 6.45) is 2.07. The van der Waals surface area contributed by atoms with Gasteiger partial charge in [-0.25, -0.2) is 0 Å². The van der Waals surface area contributed by atoms with E-state index in [0.717, 1.165) is 6.42 Å². The van der Waals surface area contributed by atoms with E-state index in [0.29, 0.717) is 31.8 Å². The molecule has 1 amide bonds. The van der Waals surface area contributed by atoms with Gasteiger partial charge in [-0.1, -0.05) is 19.1 Å². The van der Waals surface area contributed by atoms with Crippen molar-refractivity contribution in [2.75, 3.05) is 26.4 Å². The lowest BCUT2D eigenvalue weighted by Gasteiger charge is -2.32. The second-order valence-corrected chi connectivity index (χ2v) is 5.40. The van der Waals surface area contributed by atoms with E-state index in [1.165, 1.54) is 5.56 Å². The van der Waals surface area contributed by atoms with Gasteiger partial charge in [0.15, 0.2) is 6.61 Å². The summed E-state index contributed by atoms with van der Waals surface area (Å²) >= 11 is 0. The molecular formula is C16H23NO4. The second kappa shape index (κ2) is 7.43. The average molecular weight is 293 g/mol. The summed E-state index contributed by atoms with van der Waals surface area (Å²) in [5.41, 5.74) is 0.380.